The molecule has 146 valence electrons. The lowest BCUT2D eigenvalue weighted by Gasteiger charge is -2.14. The van der Waals surface area contributed by atoms with Crippen molar-refractivity contribution in [1.29, 1.82) is 0 Å². The van der Waals surface area contributed by atoms with Crippen molar-refractivity contribution in [2.45, 2.75) is 24.8 Å². The third kappa shape index (κ3) is 4.41. The molecule has 0 saturated heterocycles. The highest BCUT2D eigenvalue weighted by molar-refractivity contribution is 7.98. The molecule has 4 rings (SSSR count). The molecule has 2 aromatic carbocycles. The van der Waals surface area contributed by atoms with E-state index in [9.17, 15) is 4.79 Å². The van der Waals surface area contributed by atoms with Gasteiger partial charge in [-0.05, 0) is 49.7 Å². The van der Waals surface area contributed by atoms with E-state index >= 15 is 0 Å². The zero-order valence-corrected chi connectivity index (χ0v) is 17.5. The summed E-state index contributed by atoms with van der Waals surface area (Å²) in [5.74, 6) is 0.965. The predicted octanol–water partition coefficient (Wildman–Crippen LogP) is 4.62. The molecule has 0 aliphatic rings. The summed E-state index contributed by atoms with van der Waals surface area (Å²) in [6, 6.07) is 16.8. The molecule has 0 bridgehead atoms. The summed E-state index contributed by atoms with van der Waals surface area (Å²) in [6.45, 7) is 3.77. The molecule has 0 amide bonds. The van der Waals surface area contributed by atoms with Crippen LogP contribution in [-0.2, 0) is 5.75 Å². The maximum Gasteiger partial charge on any atom is 0.281 e. The van der Waals surface area contributed by atoms with Crippen LogP contribution in [0.3, 0.4) is 0 Å². The molecule has 0 unspecified atom stereocenters. The Bertz CT molecular complexity index is 1240. The fraction of sp³-hybridized carbons (Fsp3) is 0.143. The molecule has 29 heavy (non-hydrogen) atoms. The van der Waals surface area contributed by atoms with Crippen LogP contribution in [0.5, 0.6) is 0 Å². The van der Waals surface area contributed by atoms with Crippen LogP contribution in [0.1, 0.15) is 17.0 Å². The number of benzene rings is 2. The van der Waals surface area contributed by atoms with Crippen molar-refractivity contribution < 1.29 is 0 Å². The Labute approximate surface area is 177 Å². The number of rotatable bonds is 5. The van der Waals surface area contributed by atoms with Gasteiger partial charge in [-0.2, -0.15) is 4.68 Å². The van der Waals surface area contributed by atoms with Gasteiger partial charge < -0.3 is 0 Å². The molecule has 4 aromatic rings. The van der Waals surface area contributed by atoms with Crippen LogP contribution in [-0.4, -0.2) is 19.6 Å². The molecule has 8 heteroatoms. The maximum absolute atomic E-state index is 13.2. The van der Waals surface area contributed by atoms with Crippen LogP contribution < -0.4 is 11.0 Å². The number of aryl methyl sites for hydroxylation is 2. The number of aromatic nitrogens is 4. The number of fused-ring (bicyclic) bond motifs is 1. The van der Waals surface area contributed by atoms with Gasteiger partial charge in [-0.15, -0.1) is 0 Å². The summed E-state index contributed by atoms with van der Waals surface area (Å²) in [7, 11) is 0. The highest BCUT2D eigenvalue weighted by Crippen LogP contribution is 2.23. The van der Waals surface area contributed by atoms with E-state index in [2.05, 4.69) is 20.4 Å². The number of anilines is 1. The number of thioether (sulfide) groups is 1. The second-order valence-electron chi connectivity index (χ2n) is 6.56. The second kappa shape index (κ2) is 8.23. The van der Waals surface area contributed by atoms with E-state index in [1.807, 2.05) is 62.4 Å². The lowest BCUT2D eigenvalue weighted by Crippen LogP contribution is -2.30. The smallest absolute Gasteiger partial charge is 0.267 e. The van der Waals surface area contributed by atoms with Crippen LogP contribution >= 0.6 is 23.4 Å². The largest absolute Gasteiger partial charge is 0.281 e. The third-order valence-corrected chi connectivity index (χ3v) is 5.44. The zero-order valence-electron chi connectivity index (χ0n) is 15.9. The van der Waals surface area contributed by atoms with Gasteiger partial charge in [-0.1, -0.05) is 47.6 Å². The number of nitrogens with one attached hydrogen (secondary N) is 1. The first kappa shape index (κ1) is 19.4. The van der Waals surface area contributed by atoms with Gasteiger partial charge in [-0.3, -0.25) is 10.2 Å². The first-order valence-corrected chi connectivity index (χ1v) is 10.3. The molecule has 2 aromatic heterocycles. The molecular formula is C21H18ClN5OS. The molecule has 0 aliphatic heterocycles. The topological polar surface area (TPSA) is 72.7 Å². The van der Waals surface area contributed by atoms with E-state index in [1.54, 1.807) is 6.07 Å². The number of nitrogens with zero attached hydrogens (tertiary/aromatic N) is 4. The van der Waals surface area contributed by atoms with Crippen LogP contribution in [0.25, 0.3) is 10.9 Å². The first-order valence-electron chi connectivity index (χ1n) is 8.98. The van der Waals surface area contributed by atoms with Gasteiger partial charge in [0.25, 0.3) is 5.56 Å². The fourth-order valence-corrected chi connectivity index (χ4v) is 4.07. The molecule has 0 radical (unpaired) electrons. The van der Waals surface area contributed by atoms with Gasteiger partial charge in [0.2, 0.25) is 5.95 Å². The Morgan fingerprint density at radius 3 is 2.52 bits per heavy atom. The van der Waals surface area contributed by atoms with Gasteiger partial charge in [-0.25, -0.2) is 15.0 Å². The molecule has 0 fully saturated rings. The van der Waals surface area contributed by atoms with Crippen LogP contribution in [0.4, 0.5) is 5.95 Å². The lowest BCUT2D eigenvalue weighted by molar-refractivity contribution is 0.742. The van der Waals surface area contributed by atoms with E-state index in [-0.39, 0.29) is 5.56 Å². The number of halogens is 1. The van der Waals surface area contributed by atoms with E-state index in [0.717, 1.165) is 17.0 Å². The summed E-state index contributed by atoms with van der Waals surface area (Å²) in [6.07, 6.45) is 0. The Morgan fingerprint density at radius 1 is 1.00 bits per heavy atom. The summed E-state index contributed by atoms with van der Waals surface area (Å²) >= 11 is 7.53. The van der Waals surface area contributed by atoms with Crippen molar-refractivity contribution in [2.24, 2.45) is 0 Å². The average molecular weight is 424 g/mol. The molecule has 0 saturated carbocycles. The summed E-state index contributed by atoms with van der Waals surface area (Å²) in [4.78, 5) is 26.6. The molecule has 1 N–H and O–H groups in total. The van der Waals surface area contributed by atoms with Crippen molar-refractivity contribution in [3.8, 4) is 0 Å². The van der Waals surface area contributed by atoms with Crippen molar-refractivity contribution in [3.05, 3.63) is 86.9 Å². The summed E-state index contributed by atoms with van der Waals surface area (Å²) < 4.78 is 1.41. The fourth-order valence-electron chi connectivity index (χ4n) is 2.96. The zero-order chi connectivity index (χ0) is 20.4. The van der Waals surface area contributed by atoms with E-state index in [1.165, 1.54) is 16.4 Å². The molecule has 6 nitrogen and oxygen atoms in total. The van der Waals surface area contributed by atoms with Gasteiger partial charge in [0.15, 0.2) is 5.16 Å². The number of hydrogen-bond acceptors (Lipinski definition) is 6. The standard InChI is InChI=1S/C21H18ClN5OS/c1-13-10-14(2)24-20(23-13)26-27-19(28)17-8-3-4-9-18(17)25-21(27)29-12-15-6-5-7-16(22)11-15/h3-11H,12H2,1-2H3,(H,23,24,26). The van der Waals surface area contributed by atoms with E-state index in [0.29, 0.717) is 32.8 Å². The van der Waals surface area contributed by atoms with Crippen LogP contribution in [0, 0.1) is 13.8 Å². The quantitative estimate of drug-likeness (QED) is 0.373. The van der Waals surface area contributed by atoms with Crippen molar-refractivity contribution in [3.63, 3.8) is 0 Å². The Morgan fingerprint density at radius 2 is 1.76 bits per heavy atom. The van der Waals surface area contributed by atoms with Gasteiger partial charge >= 0.3 is 0 Å². The van der Waals surface area contributed by atoms with Crippen LogP contribution in [0.15, 0.2) is 64.5 Å². The average Bonchev–Trinajstić information content (AvgIpc) is 2.68. The molecule has 0 spiro atoms. The van der Waals surface area contributed by atoms with E-state index in [4.69, 9.17) is 11.6 Å². The first-order chi connectivity index (χ1) is 14.0. The Hall–Kier alpha value is -2.90. The number of hydrogen-bond donors (Lipinski definition) is 1. The maximum atomic E-state index is 13.2. The minimum Gasteiger partial charge on any atom is -0.267 e. The predicted molar refractivity (Wildman–Crippen MR) is 118 cm³/mol. The third-order valence-electron chi connectivity index (χ3n) is 4.20. The lowest BCUT2D eigenvalue weighted by atomic mass is 10.2. The monoisotopic (exact) mass is 423 g/mol. The van der Waals surface area contributed by atoms with Crippen LogP contribution in [0.2, 0.25) is 5.02 Å². The molecule has 0 atom stereocenters. The highest BCUT2D eigenvalue weighted by Gasteiger charge is 2.13. The normalized spacial score (nSPS) is 11.0. The van der Waals surface area contributed by atoms with Gasteiger partial charge in [0, 0.05) is 22.2 Å². The highest BCUT2D eigenvalue weighted by atomic mass is 35.5. The Kier molecular flexibility index (Phi) is 5.51. The molecular weight excluding hydrogens is 406 g/mol. The minimum atomic E-state index is -0.202. The van der Waals surface area contributed by atoms with Crippen molar-refractivity contribution in [1.82, 2.24) is 19.6 Å². The summed E-state index contributed by atoms with van der Waals surface area (Å²) in [5.41, 5.74) is 6.15. The summed E-state index contributed by atoms with van der Waals surface area (Å²) in [5, 5.41) is 1.72. The molecule has 0 aliphatic carbocycles. The van der Waals surface area contributed by atoms with Crippen molar-refractivity contribution in [2.75, 3.05) is 5.43 Å². The number of para-hydroxylation sites is 1. The van der Waals surface area contributed by atoms with Crippen molar-refractivity contribution >= 4 is 40.2 Å². The minimum absolute atomic E-state index is 0.202. The van der Waals surface area contributed by atoms with Gasteiger partial charge in [0.1, 0.15) is 0 Å². The van der Waals surface area contributed by atoms with E-state index < -0.39 is 0 Å². The van der Waals surface area contributed by atoms with Gasteiger partial charge in [0.05, 0.1) is 10.9 Å². The Balaban J connectivity index is 1.76. The molecule has 2 heterocycles. The second-order valence-corrected chi connectivity index (χ2v) is 7.94. The SMILES string of the molecule is Cc1cc(C)nc(Nn2c(SCc3cccc(Cl)c3)nc3ccccc3c2=O)n1.